The minimum Gasteiger partial charge on any atom is -0.503 e. The standard InChI is InChI=1S/C28H36BrNO4/c1-7-9-30-18-12-27(3,4)14-20(31)24(18)23(25-19(30)13-28(5,6)15-21(25)32)16-10-17(29)26(33)22(11-16)34-8-2/h10-11,23,33H,7-9,12-15H2,1-6H3. The van der Waals surface area contributed by atoms with E-state index in [2.05, 4.69) is 55.4 Å². The van der Waals surface area contributed by atoms with Gasteiger partial charge in [-0.1, -0.05) is 34.6 Å². The van der Waals surface area contributed by atoms with Crippen LogP contribution >= 0.6 is 15.9 Å². The first-order valence-corrected chi connectivity index (χ1v) is 13.1. The van der Waals surface area contributed by atoms with Crippen LogP contribution < -0.4 is 4.74 Å². The third-order valence-electron chi connectivity index (χ3n) is 7.15. The second-order valence-corrected chi connectivity index (χ2v) is 12.3. The van der Waals surface area contributed by atoms with Gasteiger partial charge in [-0.05, 0) is 70.6 Å². The second kappa shape index (κ2) is 8.85. The lowest BCUT2D eigenvalue weighted by Gasteiger charge is -2.49. The van der Waals surface area contributed by atoms with Crippen LogP contribution in [0.4, 0.5) is 0 Å². The first kappa shape index (κ1) is 25.0. The van der Waals surface area contributed by atoms with Crippen LogP contribution in [0.15, 0.2) is 39.1 Å². The van der Waals surface area contributed by atoms with Crippen molar-refractivity contribution >= 4 is 27.5 Å². The third kappa shape index (κ3) is 4.34. The van der Waals surface area contributed by atoms with E-state index in [0.29, 0.717) is 29.7 Å². The summed E-state index contributed by atoms with van der Waals surface area (Å²) < 4.78 is 6.21. The smallest absolute Gasteiger partial charge is 0.172 e. The van der Waals surface area contributed by atoms with Crippen LogP contribution in [-0.4, -0.2) is 34.7 Å². The number of ketones is 2. The Kier molecular flexibility index (Phi) is 6.52. The highest BCUT2D eigenvalue weighted by atomic mass is 79.9. The number of hydrogen-bond acceptors (Lipinski definition) is 5. The minimum atomic E-state index is -0.443. The third-order valence-corrected chi connectivity index (χ3v) is 7.76. The van der Waals surface area contributed by atoms with Crippen molar-refractivity contribution in [2.75, 3.05) is 13.2 Å². The number of aromatic hydroxyl groups is 1. The summed E-state index contributed by atoms with van der Waals surface area (Å²) in [6.45, 7) is 13.8. The minimum absolute atomic E-state index is 0.0321. The van der Waals surface area contributed by atoms with Gasteiger partial charge in [-0.15, -0.1) is 0 Å². The first-order valence-electron chi connectivity index (χ1n) is 12.3. The maximum absolute atomic E-state index is 13.7. The van der Waals surface area contributed by atoms with Gasteiger partial charge in [0.05, 0.1) is 11.1 Å². The largest absolute Gasteiger partial charge is 0.503 e. The van der Waals surface area contributed by atoms with Crippen molar-refractivity contribution < 1.29 is 19.4 Å². The topological polar surface area (TPSA) is 66.8 Å². The molecule has 0 fully saturated rings. The molecule has 34 heavy (non-hydrogen) atoms. The molecule has 0 unspecified atom stereocenters. The summed E-state index contributed by atoms with van der Waals surface area (Å²) in [5.74, 6) is 0.178. The summed E-state index contributed by atoms with van der Waals surface area (Å²) in [5.41, 5.74) is 4.18. The van der Waals surface area contributed by atoms with Crippen LogP contribution in [0.2, 0.25) is 0 Å². The molecule has 1 N–H and O–H groups in total. The number of allylic oxidation sites excluding steroid dienone is 4. The summed E-state index contributed by atoms with van der Waals surface area (Å²) in [7, 11) is 0. The Balaban J connectivity index is 2.02. The lowest BCUT2D eigenvalue weighted by Crippen LogP contribution is -2.44. The van der Waals surface area contributed by atoms with E-state index in [1.165, 1.54) is 0 Å². The molecule has 0 amide bonds. The molecule has 5 nitrogen and oxygen atoms in total. The van der Waals surface area contributed by atoms with Crippen molar-refractivity contribution in [1.29, 1.82) is 0 Å². The Hall–Kier alpha value is -2.08. The Morgan fingerprint density at radius 1 is 0.971 bits per heavy atom. The van der Waals surface area contributed by atoms with Gasteiger partial charge < -0.3 is 14.7 Å². The Labute approximate surface area is 211 Å². The van der Waals surface area contributed by atoms with Crippen LogP contribution in [0.1, 0.15) is 85.1 Å². The fraction of sp³-hybridized carbons (Fsp3) is 0.571. The molecule has 184 valence electrons. The fourth-order valence-corrected chi connectivity index (χ4v) is 6.36. The molecule has 6 heteroatoms. The summed E-state index contributed by atoms with van der Waals surface area (Å²) in [5, 5.41) is 10.5. The fourth-order valence-electron chi connectivity index (χ4n) is 5.90. The van der Waals surface area contributed by atoms with Crippen molar-refractivity contribution in [2.45, 2.75) is 79.6 Å². The zero-order valence-electron chi connectivity index (χ0n) is 21.2. The van der Waals surface area contributed by atoms with E-state index in [1.54, 1.807) is 6.07 Å². The number of rotatable bonds is 5. The van der Waals surface area contributed by atoms with E-state index < -0.39 is 5.92 Å². The average molecular weight is 531 g/mol. The lowest BCUT2D eigenvalue weighted by atomic mass is 9.63. The van der Waals surface area contributed by atoms with Gasteiger partial charge in [0.25, 0.3) is 0 Å². The van der Waals surface area contributed by atoms with Gasteiger partial charge in [0.15, 0.2) is 23.1 Å². The van der Waals surface area contributed by atoms with Crippen LogP contribution in [0.3, 0.4) is 0 Å². The van der Waals surface area contributed by atoms with Crippen molar-refractivity contribution in [3.05, 3.63) is 44.7 Å². The van der Waals surface area contributed by atoms with Crippen LogP contribution in [-0.2, 0) is 9.59 Å². The number of carbonyl (C=O) groups is 2. The van der Waals surface area contributed by atoms with Crippen molar-refractivity contribution in [3.8, 4) is 11.5 Å². The highest BCUT2D eigenvalue weighted by Crippen LogP contribution is 2.55. The Bertz CT molecular complexity index is 1060. The van der Waals surface area contributed by atoms with Crippen LogP contribution in [0, 0.1) is 10.8 Å². The van der Waals surface area contributed by atoms with E-state index in [9.17, 15) is 14.7 Å². The van der Waals surface area contributed by atoms with E-state index in [0.717, 1.165) is 53.9 Å². The number of carbonyl (C=O) groups excluding carboxylic acids is 2. The van der Waals surface area contributed by atoms with Gasteiger partial charge in [-0.25, -0.2) is 0 Å². The summed E-state index contributed by atoms with van der Waals surface area (Å²) in [4.78, 5) is 29.8. The highest BCUT2D eigenvalue weighted by molar-refractivity contribution is 9.10. The molecule has 1 aliphatic heterocycles. The maximum Gasteiger partial charge on any atom is 0.172 e. The number of hydrogen-bond donors (Lipinski definition) is 1. The zero-order chi connectivity index (χ0) is 25.0. The summed E-state index contributed by atoms with van der Waals surface area (Å²) >= 11 is 3.47. The van der Waals surface area contributed by atoms with Gasteiger partial charge in [0.2, 0.25) is 0 Å². The SMILES string of the molecule is CCCN1C2=C(C(=O)CC(C)(C)C2)C(c2cc(Br)c(O)c(OCC)c2)C2=C1CC(C)(C)CC2=O. The first-order chi connectivity index (χ1) is 15.9. The number of benzene rings is 1. The average Bonchev–Trinajstić information content (AvgIpc) is 2.70. The quantitative estimate of drug-likeness (QED) is 0.462. The molecule has 0 bridgehead atoms. The molecule has 3 aliphatic rings. The molecule has 1 aromatic carbocycles. The van der Waals surface area contributed by atoms with Crippen molar-refractivity contribution in [2.24, 2.45) is 10.8 Å². The number of Topliss-reactive ketones (excluding diaryl/α,β-unsaturated/α-hetero) is 2. The van der Waals surface area contributed by atoms with E-state index in [1.807, 2.05) is 13.0 Å². The van der Waals surface area contributed by atoms with E-state index >= 15 is 0 Å². The molecular weight excluding hydrogens is 494 g/mol. The molecule has 1 heterocycles. The number of phenolic OH excluding ortho intramolecular Hbond substituents is 1. The predicted octanol–water partition coefficient (Wildman–Crippen LogP) is 6.65. The van der Waals surface area contributed by atoms with E-state index in [-0.39, 0.29) is 28.1 Å². The molecule has 0 saturated heterocycles. The molecule has 0 atom stereocenters. The van der Waals surface area contributed by atoms with Crippen molar-refractivity contribution in [1.82, 2.24) is 4.90 Å². The van der Waals surface area contributed by atoms with Crippen LogP contribution in [0.5, 0.6) is 11.5 Å². The molecule has 0 aromatic heterocycles. The van der Waals surface area contributed by atoms with Gasteiger partial charge in [-0.3, -0.25) is 9.59 Å². The van der Waals surface area contributed by atoms with Gasteiger partial charge in [0, 0.05) is 47.8 Å². The Morgan fingerprint density at radius 2 is 1.50 bits per heavy atom. The zero-order valence-corrected chi connectivity index (χ0v) is 22.8. The normalized spacial score (nSPS) is 22.1. The molecule has 0 radical (unpaired) electrons. The highest BCUT2D eigenvalue weighted by Gasteiger charge is 2.49. The second-order valence-electron chi connectivity index (χ2n) is 11.5. The molecule has 2 aliphatic carbocycles. The lowest BCUT2D eigenvalue weighted by molar-refractivity contribution is -0.119. The van der Waals surface area contributed by atoms with E-state index in [4.69, 9.17) is 4.74 Å². The molecule has 4 rings (SSSR count). The number of halogens is 1. The van der Waals surface area contributed by atoms with Crippen molar-refractivity contribution in [3.63, 3.8) is 0 Å². The Morgan fingerprint density at radius 3 is 1.97 bits per heavy atom. The van der Waals surface area contributed by atoms with Gasteiger partial charge >= 0.3 is 0 Å². The molecule has 0 saturated carbocycles. The molecular formula is C28H36BrNO4. The molecule has 0 spiro atoms. The summed E-state index contributed by atoms with van der Waals surface area (Å²) in [6, 6.07) is 3.65. The number of ether oxygens (including phenoxy) is 1. The molecule has 1 aromatic rings. The predicted molar refractivity (Wildman–Crippen MR) is 137 cm³/mol. The summed E-state index contributed by atoms with van der Waals surface area (Å²) in [6.07, 6.45) is 3.45. The van der Waals surface area contributed by atoms with Gasteiger partial charge in [0.1, 0.15) is 0 Å². The maximum atomic E-state index is 13.7. The monoisotopic (exact) mass is 529 g/mol. The number of nitrogens with zero attached hydrogens (tertiary/aromatic N) is 1. The van der Waals surface area contributed by atoms with Gasteiger partial charge in [-0.2, -0.15) is 0 Å². The van der Waals surface area contributed by atoms with Crippen LogP contribution in [0.25, 0.3) is 0 Å². The number of phenols is 1.